The third-order valence-corrected chi connectivity index (χ3v) is 4.06. The van der Waals surface area contributed by atoms with E-state index in [1.54, 1.807) is 25.2 Å². The molecule has 0 saturated carbocycles. The smallest absolute Gasteiger partial charge is 0.195 e. The van der Waals surface area contributed by atoms with Crippen molar-refractivity contribution in [2.45, 2.75) is 23.5 Å². The molecule has 1 heterocycles. The zero-order valence-electron chi connectivity index (χ0n) is 12.1. The van der Waals surface area contributed by atoms with Crippen molar-refractivity contribution in [1.29, 1.82) is 0 Å². The number of benzene rings is 1. The number of rotatable bonds is 7. The Morgan fingerprint density at radius 1 is 1.40 bits per heavy atom. The molecule has 5 nitrogen and oxygen atoms in total. The maximum atomic E-state index is 5.05. The molecule has 2 rings (SSSR count). The molecule has 0 bridgehead atoms. The van der Waals surface area contributed by atoms with Crippen LogP contribution in [0.2, 0.25) is 0 Å². The van der Waals surface area contributed by atoms with Crippen molar-refractivity contribution < 1.29 is 4.74 Å². The summed E-state index contributed by atoms with van der Waals surface area (Å²) >= 11 is 1.64. The third kappa shape index (κ3) is 4.06. The average Bonchev–Trinajstić information content (AvgIpc) is 2.83. The fraction of sp³-hybridized carbons (Fsp3) is 0.429. The van der Waals surface area contributed by atoms with Crippen LogP contribution in [-0.4, -0.2) is 35.0 Å². The van der Waals surface area contributed by atoms with E-state index in [9.17, 15) is 0 Å². The van der Waals surface area contributed by atoms with Crippen molar-refractivity contribution in [2.75, 3.05) is 20.3 Å². The van der Waals surface area contributed by atoms with Gasteiger partial charge in [-0.25, -0.2) is 0 Å². The molecule has 1 aromatic heterocycles. The van der Waals surface area contributed by atoms with Crippen LogP contribution >= 0.6 is 11.8 Å². The van der Waals surface area contributed by atoms with Crippen LogP contribution in [0, 0.1) is 6.92 Å². The highest BCUT2D eigenvalue weighted by atomic mass is 32.2. The normalized spacial score (nSPS) is 10.9. The van der Waals surface area contributed by atoms with Crippen LogP contribution in [0.15, 0.2) is 34.6 Å². The van der Waals surface area contributed by atoms with Gasteiger partial charge in [-0.3, -0.25) is 0 Å². The van der Waals surface area contributed by atoms with E-state index in [0.29, 0.717) is 0 Å². The number of hydrogen-bond donors (Lipinski definition) is 1. The van der Waals surface area contributed by atoms with Gasteiger partial charge in [-0.2, -0.15) is 0 Å². The summed E-state index contributed by atoms with van der Waals surface area (Å²) in [5.41, 5.74) is 2.53. The molecule has 1 aromatic carbocycles. The van der Waals surface area contributed by atoms with Gasteiger partial charge < -0.3 is 14.6 Å². The van der Waals surface area contributed by atoms with Gasteiger partial charge in [0.25, 0.3) is 0 Å². The second kappa shape index (κ2) is 7.42. The molecule has 0 amide bonds. The number of hydrogen-bond acceptors (Lipinski definition) is 5. The molecule has 0 fully saturated rings. The van der Waals surface area contributed by atoms with Crippen molar-refractivity contribution in [2.24, 2.45) is 7.05 Å². The Hall–Kier alpha value is -1.37. The Balaban J connectivity index is 2.09. The number of aryl methyl sites for hydroxylation is 2. The molecule has 0 unspecified atom stereocenters. The molecule has 108 valence electrons. The Morgan fingerprint density at radius 2 is 2.25 bits per heavy atom. The molecule has 2 aromatic rings. The minimum absolute atomic E-state index is 0.720. The van der Waals surface area contributed by atoms with Gasteiger partial charge in [-0.15, -0.1) is 10.2 Å². The van der Waals surface area contributed by atoms with Gasteiger partial charge in [0.2, 0.25) is 0 Å². The first-order valence-corrected chi connectivity index (χ1v) is 7.33. The lowest BCUT2D eigenvalue weighted by molar-refractivity contribution is 0.199. The molecule has 0 atom stereocenters. The fourth-order valence-corrected chi connectivity index (χ4v) is 2.68. The molecule has 0 spiro atoms. The molecule has 0 saturated heterocycles. The Morgan fingerprint density at radius 3 is 2.95 bits per heavy atom. The van der Waals surface area contributed by atoms with Crippen LogP contribution < -0.4 is 5.32 Å². The molecule has 20 heavy (non-hydrogen) atoms. The maximum absolute atomic E-state index is 5.05. The molecule has 1 N–H and O–H groups in total. The van der Waals surface area contributed by atoms with Crippen molar-refractivity contribution in [1.82, 2.24) is 20.1 Å². The quantitative estimate of drug-likeness (QED) is 0.791. The average molecular weight is 292 g/mol. The van der Waals surface area contributed by atoms with Gasteiger partial charge in [0.05, 0.1) is 6.61 Å². The Labute approximate surface area is 123 Å². The summed E-state index contributed by atoms with van der Waals surface area (Å²) in [6.07, 6.45) is 1.72. The largest absolute Gasteiger partial charge is 0.383 e. The topological polar surface area (TPSA) is 52.0 Å². The van der Waals surface area contributed by atoms with Gasteiger partial charge in [0, 0.05) is 32.1 Å². The van der Waals surface area contributed by atoms with Crippen LogP contribution in [-0.2, 0) is 18.3 Å². The number of aromatic nitrogens is 3. The molecular weight excluding hydrogens is 272 g/mol. The number of ether oxygens (including phenoxy) is 1. The highest BCUT2D eigenvalue weighted by Crippen LogP contribution is 2.29. The van der Waals surface area contributed by atoms with Gasteiger partial charge in [-0.05, 0) is 30.3 Å². The summed E-state index contributed by atoms with van der Waals surface area (Å²) < 4.78 is 6.97. The predicted molar refractivity (Wildman–Crippen MR) is 79.9 cm³/mol. The summed E-state index contributed by atoms with van der Waals surface area (Å²) in [5, 5.41) is 12.3. The van der Waals surface area contributed by atoms with Crippen LogP contribution in [0.5, 0.6) is 0 Å². The third-order valence-electron chi connectivity index (χ3n) is 2.89. The first-order chi connectivity index (χ1) is 9.70. The molecule has 0 aliphatic heterocycles. The van der Waals surface area contributed by atoms with E-state index in [2.05, 4.69) is 40.6 Å². The number of methoxy groups -OCH3 is 1. The lowest BCUT2D eigenvalue weighted by atomic mass is 10.1. The molecule has 6 heteroatoms. The SMILES string of the molecule is COCCNCc1cc(C)ccc1Sc1nncn1C. The summed E-state index contributed by atoms with van der Waals surface area (Å²) in [6, 6.07) is 6.47. The predicted octanol–water partition coefficient (Wildman–Crippen LogP) is 2.01. The second-order valence-electron chi connectivity index (χ2n) is 4.61. The highest BCUT2D eigenvalue weighted by molar-refractivity contribution is 7.99. The molecule has 0 aliphatic carbocycles. The molecule has 0 aliphatic rings. The van der Waals surface area contributed by atoms with E-state index in [-0.39, 0.29) is 0 Å². The Bertz CT molecular complexity index is 556. The second-order valence-corrected chi connectivity index (χ2v) is 5.62. The van der Waals surface area contributed by atoms with Crippen LogP contribution in [0.3, 0.4) is 0 Å². The van der Waals surface area contributed by atoms with Crippen molar-refractivity contribution in [3.63, 3.8) is 0 Å². The van der Waals surface area contributed by atoms with Gasteiger partial charge in [0.15, 0.2) is 5.16 Å². The standard InChI is InChI=1S/C14H20N4OS/c1-11-4-5-13(20-14-17-16-10-18(14)2)12(8-11)9-15-6-7-19-3/h4-5,8,10,15H,6-7,9H2,1-3H3. The summed E-state index contributed by atoms with van der Waals surface area (Å²) in [4.78, 5) is 1.21. The monoisotopic (exact) mass is 292 g/mol. The highest BCUT2D eigenvalue weighted by Gasteiger charge is 2.08. The molecular formula is C14H20N4OS. The van der Waals surface area contributed by atoms with Crippen molar-refractivity contribution >= 4 is 11.8 Å². The van der Waals surface area contributed by atoms with Gasteiger partial charge >= 0.3 is 0 Å². The maximum Gasteiger partial charge on any atom is 0.195 e. The molecule has 0 radical (unpaired) electrons. The van der Waals surface area contributed by atoms with E-state index in [0.717, 1.165) is 24.9 Å². The summed E-state index contributed by atoms with van der Waals surface area (Å²) in [6.45, 7) is 4.50. The van der Waals surface area contributed by atoms with E-state index < -0.39 is 0 Å². The van der Waals surface area contributed by atoms with E-state index in [1.165, 1.54) is 16.0 Å². The van der Waals surface area contributed by atoms with Crippen LogP contribution in [0.1, 0.15) is 11.1 Å². The van der Waals surface area contributed by atoms with E-state index >= 15 is 0 Å². The van der Waals surface area contributed by atoms with Crippen LogP contribution in [0.4, 0.5) is 0 Å². The van der Waals surface area contributed by atoms with Gasteiger partial charge in [-0.1, -0.05) is 17.7 Å². The van der Waals surface area contributed by atoms with Crippen LogP contribution in [0.25, 0.3) is 0 Å². The number of nitrogens with one attached hydrogen (secondary N) is 1. The zero-order chi connectivity index (χ0) is 14.4. The Kier molecular flexibility index (Phi) is 5.58. The fourth-order valence-electron chi connectivity index (χ4n) is 1.81. The minimum Gasteiger partial charge on any atom is -0.383 e. The lowest BCUT2D eigenvalue weighted by Gasteiger charge is -2.11. The van der Waals surface area contributed by atoms with Crippen molar-refractivity contribution in [3.05, 3.63) is 35.7 Å². The minimum atomic E-state index is 0.720. The van der Waals surface area contributed by atoms with Gasteiger partial charge in [0.1, 0.15) is 6.33 Å². The first kappa shape index (κ1) is 15.0. The summed E-state index contributed by atoms with van der Waals surface area (Å²) in [5.74, 6) is 0. The number of nitrogens with zero attached hydrogens (tertiary/aromatic N) is 3. The zero-order valence-corrected chi connectivity index (χ0v) is 12.9. The van der Waals surface area contributed by atoms with Crippen molar-refractivity contribution in [3.8, 4) is 0 Å². The first-order valence-electron chi connectivity index (χ1n) is 6.51. The lowest BCUT2D eigenvalue weighted by Crippen LogP contribution is -2.19. The van der Waals surface area contributed by atoms with E-state index in [4.69, 9.17) is 4.74 Å². The van der Waals surface area contributed by atoms with E-state index in [1.807, 2.05) is 11.6 Å². The summed E-state index contributed by atoms with van der Waals surface area (Å²) in [7, 11) is 3.66.